The highest BCUT2D eigenvalue weighted by molar-refractivity contribution is 7.17. The van der Waals surface area contributed by atoms with E-state index in [4.69, 9.17) is 4.74 Å². The van der Waals surface area contributed by atoms with E-state index >= 15 is 0 Å². The minimum Gasteiger partial charge on any atom is -0.448 e. The molecule has 2 heterocycles. The maximum Gasteiger partial charge on any atom is 0.351 e. The zero-order chi connectivity index (χ0) is 20.3. The molecule has 0 aliphatic rings. The van der Waals surface area contributed by atoms with Gasteiger partial charge in [-0.3, -0.25) is 4.79 Å². The Kier molecular flexibility index (Phi) is 6.11. The van der Waals surface area contributed by atoms with Gasteiger partial charge in [0, 0.05) is 36.4 Å². The number of thiophene rings is 1. The molecule has 0 bridgehead atoms. The van der Waals surface area contributed by atoms with Crippen molar-refractivity contribution >= 4 is 45.9 Å². The number of esters is 1. The first-order valence-electron chi connectivity index (χ1n) is 8.64. The van der Waals surface area contributed by atoms with Gasteiger partial charge in [0.25, 0.3) is 5.91 Å². The van der Waals surface area contributed by atoms with Crippen LogP contribution >= 0.6 is 22.7 Å². The standard InChI is InChI=1S/C20H21N3O3S2/c1-12-17(28-19(21-12)14-9-10-27-11-14)20(25)26-13(2)18(24)22-15-5-7-16(8-6-15)23(3)4/h5-11,13H,1-4H3,(H,22,24). The third-order valence-electron chi connectivity index (χ3n) is 4.05. The number of aryl methyl sites for hydroxylation is 1. The van der Waals surface area contributed by atoms with Gasteiger partial charge in [-0.15, -0.1) is 11.3 Å². The molecule has 1 unspecified atom stereocenters. The van der Waals surface area contributed by atoms with E-state index in [0.29, 0.717) is 16.3 Å². The number of nitrogens with one attached hydrogen (secondary N) is 1. The summed E-state index contributed by atoms with van der Waals surface area (Å²) in [6.45, 7) is 3.32. The Labute approximate surface area is 171 Å². The predicted molar refractivity (Wildman–Crippen MR) is 114 cm³/mol. The molecule has 146 valence electrons. The summed E-state index contributed by atoms with van der Waals surface area (Å²) >= 11 is 2.84. The Morgan fingerprint density at radius 3 is 2.50 bits per heavy atom. The van der Waals surface area contributed by atoms with Crippen molar-refractivity contribution in [2.45, 2.75) is 20.0 Å². The summed E-state index contributed by atoms with van der Waals surface area (Å²) in [4.78, 5) is 31.7. The Bertz CT molecular complexity index is 963. The van der Waals surface area contributed by atoms with Crippen molar-refractivity contribution in [2.75, 3.05) is 24.3 Å². The fourth-order valence-corrected chi connectivity index (χ4v) is 4.11. The second kappa shape index (κ2) is 8.53. The minimum absolute atomic E-state index is 0.383. The maximum absolute atomic E-state index is 12.5. The Hall–Kier alpha value is -2.71. The summed E-state index contributed by atoms with van der Waals surface area (Å²) in [5.41, 5.74) is 3.25. The molecule has 0 saturated heterocycles. The number of amides is 1. The molecule has 3 rings (SSSR count). The van der Waals surface area contributed by atoms with Crippen LogP contribution in [0.3, 0.4) is 0 Å². The number of carbonyl (C=O) groups is 2. The van der Waals surface area contributed by atoms with Gasteiger partial charge >= 0.3 is 5.97 Å². The molecule has 0 fully saturated rings. The molecular weight excluding hydrogens is 394 g/mol. The number of carbonyl (C=O) groups excluding carboxylic acids is 2. The second-order valence-electron chi connectivity index (χ2n) is 6.42. The Balaban J connectivity index is 1.63. The minimum atomic E-state index is -0.924. The number of aromatic nitrogens is 1. The second-order valence-corrected chi connectivity index (χ2v) is 8.20. The van der Waals surface area contributed by atoms with Crippen LogP contribution in [0, 0.1) is 6.92 Å². The van der Waals surface area contributed by atoms with Gasteiger partial charge in [0.05, 0.1) is 5.69 Å². The van der Waals surface area contributed by atoms with E-state index in [2.05, 4.69) is 10.3 Å². The van der Waals surface area contributed by atoms with Crippen molar-refractivity contribution in [3.63, 3.8) is 0 Å². The van der Waals surface area contributed by atoms with Crippen molar-refractivity contribution in [3.05, 3.63) is 51.7 Å². The SMILES string of the molecule is Cc1nc(-c2ccsc2)sc1C(=O)OC(C)C(=O)Nc1ccc(N(C)C)cc1. The van der Waals surface area contributed by atoms with Crippen LogP contribution in [0.4, 0.5) is 11.4 Å². The van der Waals surface area contributed by atoms with Gasteiger partial charge in [0.1, 0.15) is 9.88 Å². The van der Waals surface area contributed by atoms with Gasteiger partial charge < -0.3 is 15.0 Å². The van der Waals surface area contributed by atoms with E-state index < -0.39 is 12.1 Å². The first-order chi connectivity index (χ1) is 13.3. The first kappa shape index (κ1) is 20.0. The molecule has 0 aliphatic heterocycles. The fraction of sp³-hybridized carbons (Fsp3) is 0.250. The van der Waals surface area contributed by atoms with Crippen molar-refractivity contribution in [3.8, 4) is 10.6 Å². The number of thiazole rings is 1. The van der Waals surface area contributed by atoms with Crippen LogP contribution in [0.2, 0.25) is 0 Å². The zero-order valence-corrected chi connectivity index (χ0v) is 17.7. The molecule has 1 N–H and O–H groups in total. The lowest BCUT2D eigenvalue weighted by Gasteiger charge is -2.15. The van der Waals surface area contributed by atoms with Crippen molar-refractivity contribution in [2.24, 2.45) is 0 Å². The largest absolute Gasteiger partial charge is 0.448 e. The number of benzene rings is 1. The molecular formula is C20H21N3O3S2. The van der Waals surface area contributed by atoms with Gasteiger partial charge in [-0.05, 0) is 49.6 Å². The third kappa shape index (κ3) is 4.58. The van der Waals surface area contributed by atoms with Gasteiger partial charge in [0.15, 0.2) is 6.10 Å². The molecule has 2 aromatic heterocycles. The molecule has 0 spiro atoms. The quantitative estimate of drug-likeness (QED) is 0.603. The van der Waals surface area contributed by atoms with E-state index in [9.17, 15) is 9.59 Å². The number of anilines is 2. The fourth-order valence-electron chi connectivity index (χ4n) is 2.45. The van der Waals surface area contributed by atoms with Gasteiger partial charge in [-0.2, -0.15) is 11.3 Å². The topological polar surface area (TPSA) is 71.5 Å². The number of nitrogens with zero attached hydrogens (tertiary/aromatic N) is 2. The Morgan fingerprint density at radius 2 is 1.89 bits per heavy atom. The van der Waals surface area contributed by atoms with Crippen LogP contribution in [-0.2, 0) is 9.53 Å². The predicted octanol–water partition coefficient (Wildman–Crippen LogP) is 4.43. The summed E-state index contributed by atoms with van der Waals surface area (Å²) in [6, 6.07) is 9.37. The maximum atomic E-state index is 12.5. The summed E-state index contributed by atoms with van der Waals surface area (Å²) in [7, 11) is 3.89. The normalized spacial score (nSPS) is 11.7. The Morgan fingerprint density at radius 1 is 1.18 bits per heavy atom. The number of hydrogen-bond acceptors (Lipinski definition) is 7. The smallest absolute Gasteiger partial charge is 0.351 e. The average Bonchev–Trinajstić information content (AvgIpc) is 3.31. The number of ether oxygens (including phenoxy) is 1. The summed E-state index contributed by atoms with van der Waals surface area (Å²) in [5.74, 6) is -0.923. The monoisotopic (exact) mass is 415 g/mol. The third-order valence-corrected chi connectivity index (χ3v) is 5.92. The van der Waals surface area contributed by atoms with E-state index in [1.165, 1.54) is 11.3 Å². The zero-order valence-electron chi connectivity index (χ0n) is 16.1. The number of rotatable bonds is 6. The van der Waals surface area contributed by atoms with Crippen LogP contribution in [0.5, 0.6) is 0 Å². The van der Waals surface area contributed by atoms with Crippen molar-refractivity contribution < 1.29 is 14.3 Å². The van der Waals surface area contributed by atoms with Gasteiger partial charge in [-0.1, -0.05) is 0 Å². The van der Waals surface area contributed by atoms with Crippen LogP contribution < -0.4 is 10.2 Å². The molecule has 8 heteroatoms. The molecule has 0 radical (unpaired) electrons. The molecule has 1 atom stereocenters. The van der Waals surface area contributed by atoms with Crippen LogP contribution in [0.1, 0.15) is 22.3 Å². The van der Waals surface area contributed by atoms with E-state index in [-0.39, 0.29) is 5.91 Å². The lowest BCUT2D eigenvalue weighted by atomic mass is 10.2. The van der Waals surface area contributed by atoms with Crippen LogP contribution in [0.25, 0.3) is 10.6 Å². The molecule has 1 amide bonds. The first-order valence-corrected chi connectivity index (χ1v) is 10.4. The van der Waals surface area contributed by atoms with Crippen LogP contribution in [0.15, 0.2) is 41.1 Å². The van der Waals surface area contributed by atoms with Crippen LogP contribution in [-0.4, -0.2) is 37.1 Å². The van der Waals surface area contributed by atoms with E-state index in [0.717, 1.165) is 16.3 Å². The summed E-state index contributed by atoms with van der Waals surface area (Å²) < 4.78 is 5.36. The lowest BCUT2D eigenvalue weighted by molar-refractivity contribution is -0.123. The number of hydrogen-bond donors (Lipinski definition) is 1. The molecule has 6 nitrogen and oxygen atoms in total. The lowest BCUT2D eigenvalue weighted by Crippen LogP contribution is -2.30. The highest BCUT2D eigenvalue weighted by Gasteiger charge is 2.23. The molecule has 1 aromatic carbocycles. The van der Waals surface area contributed by atoms with Crippen molar-refractivity contribution in [1.29, 1.82) is 0 Å². The molecule has 28 heavy (non-hydrogen) atoms. The summed E-state index contributed by atoms with van der Waals surface area (Å²) in [5, 5.41) is 7.47. The highest BCUT2D eigenvalue weighted by Crippen LogP contribution is 2.30. The van der Waals surface area contributed by atoms with Crippen molar-refractivity contribution in [1.82, 2.24) is 4.98 Å². The highest BCUT2D eigenvalue weighted by atomic mass is 32.1. The van der Waals surface area contributed by atoms with E-state index in [1.807, 2.05) is 60.1 Å². The van der Waals surface area contributed by atoms with E-state index in [1.54, 1.807) is 25.2 Å². The van der Waals surface area contributed by atoms with Gasteiger partial charge in [-0.25, -0.2) is 9.78 Å². The van der Waals surface area contributed by atoms with Gasteiger partial charge in [0.2, 0.25) is 0 Å². The molecule has 0 saturated carbocycles. The molecule has 3 aromatic rings. The summed E-state index contributed by atoms with van der Waals surface area (Å²) in [6.07, 6.45) is -0.924. The molecule has 0 aliphatic carbocycles. The average molecular weight is 416 g/mol.